The molecule has 0 unspecified atom stereocenters. The summed E-state index contributed by atoms with van der Waals surface area (Å²) < 4.78 is 27.1. The second-order valence-corrected chi connectivity index (χ2v) is 9.62. The average Bonchev–Trinajstić information content (AvgIpc) is 2.94. The number of benzene rings is 1. The summed E-state index contributed by atoms with van der Waals surface area (Å²) in [5, 5.41) is 2.84. The molecule has 1 aromatic carbocycles. The minimum Gasteiger partial charge on any atom is -0.356 e. The number of nitrogens with one attached hydrogen (secondary N) is 2. The first-order valence-corrected chi connectivity index (χ1v) is 11.4. The fourth-order valence-electron chi connectivity index (χ4n) is 3.69. The van der Waals surface area contributed by atoms with E-state index in [1.807, 2.05) is 13.8 Å². The SMILES string of the molecule is CC(=O)NCC1CCN(C(=O)[C@@H](N=C2NS(=O)(=O)c3ccccc32)C(C)C)CC1. The Bertz CT molecular complexity index is 918. The number of hydrogen-bond acceptors (Lipinski definition) is 5. The molecule has 3 rings (SSSR count). The third-order valence-corrected chi connectivity index (χ3v) is 6.78. The van der Waals surface area contributed by atoms with E-state index in [4.69, 9.17) is 0 Å². The summed E-state index contributed by atoms with van der Waals surface area (Å²) in [6.45, 7) is 7.17. The van der Waals surface area contributed by atoms with Gasteiger partial charge in [-0.15, -0.1) is 0 Å². The number of aliphatic imine (C=N–C) groups is 1. The third-order valence-electron chi connectivity index (χ3n) is 5.38. The molecule has 1 atom stereocenters. The van der Waals surface area contributed by atoms with Gasteiger partial charge in [-0.2, -0.15) is 0 Å². The van der Waals surface area contributed by atoms with Gasteiger partial charge >= 0.3 is 0 Å². The predicted molar refractivity (Wildman–Crippen MR) is 110 cm³/mol. The van der Waals surface area contributed by atoms with E-state index < -0.39 is 16.1 Å². The first-order chi connectivity index (χ1) is 13.7. The molecule has 2 amide bonds. The van der Waals surface area contributed by atoms with Gasteiger partial charge in [0, 0.05) is 32.1 Å². The lowest BCUT2D eigenvalue weighted by Crippen LogP contribution is -2.46. The third kappa shape index (κ3) is 4.77. The van der Waals surface area contributed by atoms with Crippen molar-refractivity contribution in [3.63, 3.8) is 0 Å². The summed E-state index contributed by atoms with van der Waals surface area (Å²) in [6, 6.07) is 5.98. The fourth-order valence-corrected chi connectivity index (χ4v) is 4.93. The van der Waals surface area contributed by atoms with E-state index in [0.29, 0.717) is 31.1 Å². The molecule has 1 fully saturated rings. The summed E-state index contributed by atoms with van der Waals surface area (Å²) in [4.78, 5) is 30.8. The molecule has 0 radical (unpaired) electrons. The molecule has 2 aliphatic rings. The van der Waals surface area contributed by atoms with Crippen molar-refractivity contribution in [2.24, 2.45) is 16.8 Å². The van der Waals surface area contributed by atoms with Crippen LogP contribution in [0.4, 0.5) is 0 Å². The van der Waals surface area contributed by atoms with Crippen molar-refractivity contribution in [1.82, 2.24) is 14.9 Å². The largest absolute Gasteiger partial charge is 0.356 e. The molecule has 2 heterocycles. The van der Waals surface area contributed by atoms with E-state index in [-0.39, 0.29) is 28.5 Å². The molecular weight excluding hydrogens is 392 g/mol. The Hall–Kier alpha value is -2.42. The smallest absolute Gasteiger partial charge is 0.263 e. The molecule has 9 heteroatoms. The molecule has 1 aromatic rings. The second kappa shape index (κ2) is 8.52. The van der Waals surface area contributed by atoms with Crippen LogP contribution < -0.4 is 10.0 Å². The van der Waals surface area contributed by atoms with Gasteiger partial charge in [-0.3, -0.25) is 19.3 Å². The molecule has 29 heavy (non-hydrogen) atoms. The molecule has 2 aliphatic heterocycles. The summed E-state index contributed by atoms with van der Waals surface area (Å²) in [5.74, 6) is 0.380. The van der Waals surface area contributed by atoms with Crippen molar-refractivity contribution >= 4 is 27.7 Å². The van der Waals surface area contributed by atoms with Crippen LogP contribution in [0.15, 0.2) is 34.2 Å². The zero-order chi connectivity index (χ0) is 21.2. The molecule has 0 spiro atoms. The van der Waals surface area contributed by atoms with Crippen molar-refractivity contribution in [1.29, 1.82) is 0 Å². The van der Waals surface area contributed by atoms with Crippen LogP contribution in [0.5, 0.6) is 0 Å². The zero-order valence-electron chi connectivity index (χ0n) is 17.0. The molecule has 0 bridgehead atoms. The van der Waals surface area contributed by atoms with Gasteiger partial charge in [-0.1, -0.05) is 26.0 Å². The number of hydrogen-bond donors (Lipinski definition) is 2. The topological polar surface area (TPSA) is 108 Å². The van der Waals surface area contributed by atoms with Crippen LogP contribution in [0.2, 0.25) is 0 Å². The highest BCUT2D eigenvalue weighted by molar-refractivity contribution is 7.90. The van der Waals surface area contributed by atoms with E-state index >= 15 is 0 Å². The van der Waals surface area contributed by atoms with Crippen molar-refractivity contribution < 1.29 is 18.0 Å². The van der Waals surface area contributed by atoms with E-state index in [1.165, 1.54) is 13.0 Å². The van der Waals surface area contributed by atoms with E-state index in [9.17, 15) is 18.0 Å². The number of piperidine rings is 1. The average molecular weight is 421 g/mol. The molecule has 2 N–H and O–H groups in total. The Morgan fingerprint density at radius 2 is 1.90 bits per heavy atom. The minimum atomic E-state index is -3.64. The quantitative estimate of drug-likeness (QED) is 0.744. The molecule has 0 aliphatic carbocycles. The highest BCUT2D eigenvalue weighted by Gasteiger charge is 2.34. The van der Waals surface area contributed by atoms with Crippen molar-refractivity contribution in [2.75, 3.05) is 19.6 Å². The van der Waals surface area contributed by atoms with E-state index in [0.717, 1.165) is 12.8 Å². The molecule has 0 saturated carbocycles. The lowest BCUT2D eigenvalue weighted by Gasteiger charge is -2.34. The van der Waals surface area contributed by atoms with Crippen LogP contribution in [-0.2, 0) is 19.6 Å². The number of amides is 2. The second-order valence-electron chi connectivity index (χ2n) is 7.97. The highest BCUT2D eigenvalue weighted by Crippen LogP contribution is 2.25. The Kier molecular flexibility index (Phi) is 6.26. The van der Waals surface area contributed by atoms with Gasteiger partial charge in [0.1, 0.15) is 11.9 Å². The van der Waals surface area contributed by atoms with Gasteiger partial charge in [0.25, 0.3) is 10.0 Å². The Morgan fingerprint density at radius 3 is 2.52 bits per heavy atom. The van der Waals surface area contributed by atoms with Gasteiger partial charge in [-0.25, -0.2) is 8.42 Å². The maximum absolute atomic E-state index is 13.1. The van der Waals surface area contributed by atoms with Crippen molar-refractivity contribution in [3.05, 3.63) is 29.8 Å². The standard InChI is InChI=1S/C20H28N4O4S/c1-13(2)18(20(26)24-10-8-15(9-11-24)12-21-14(3)25)22-19-16-6-4-5-7-17(16)29(27,28)23-19/h4-7,13,15,18H,8-12H2,1-3H3,(H,21,25)(H,22,23)/t18-/m0/s1. The van der Waals surface area contributed by atoms with E-state index in [2.05, 4.69) is 15.0 Å². The lowest BCUT2D eigenvalue weighted by molar-refractivity contribution is -0.135. The molecule has 8 nitrogen and oxygen atoms in total. The minimum absolute atomic E-state index is 0.0431. The van der Waals surface area contributed by atoms with Crippen LogP contribution in [0.3, 0.4) is 0 Å². The number of nitrogens with zero attached hydrogens (tertiary/aromatic N) is 2. The van der Waals surface area contributed by atoms with Crippen LogP contribution in [0.25, 0.3) is 0 Å². The number of likely N-dealkylation sites (tertiary alicyclic amines) is 1. The lowest BCUT2D eigenvalue weighted by atomic mass is 9.95. The molecule has 0 aromatic heterocycles. The fraction of sp³-hybridized carbons (Fsp3) is 0.550. The van der Waals surface area contributed by atoms with Crippen LogP contribution in [-0.4, -0.2) is 56.6 Å². The van der Waals surface area contributed by atoms with E-state index in [1.54, 1.807) is 23.1 Å². The first-order valence-electron chi connectivity index (χ1n) is 9.92. The number of sulfonamides is 1. The number of amidine groups is 1. The van der Waals surface area contributed by atoms with Crippen LogP contribution in [0.1, 0.15) is 39.2 Å². The Labute approximate surface area is 171 Å². The maximum Gasteiger partial charge on any atom is 0.263 e. The van der Waals surface area contributed by atoms with Gasteiger partial charge in [0.2, 0.25) is 11.8 Å². The zero-order valence-corrected chi connectivity index (χ0v) is 17.8. The summed E-state index contributed by atoms with van der Waals surface area (Å²) >= 11 is 0. The number of carbonyl (C=O) groups excluding carboxylic acids is 2. The molecular formula is C20H28N4O4S. The monoisotopic (exact) mass is 420 g/mol. The van der Waals surface area contributed by atoms with Crippen LogP contribution >= 0.6 is 0 Å². The Morgan fingerprint density at radius 1 is 1.24 bits per heavy atom. The highest BCUT2D eigenvalue weighted by atomic mass is 32.2. The summed E-state index contributed by atoms with van der Waals surface area (Å²) in [6.07, 6.45) is 1.64. The van der Waals surface area contributed by atoms with Gasteiger partial charge in [0.15, 0.2) is 0 Å². The number of carbonyl (C=O) groups is 2. The predicted octanol–water partition coefficient (Wildman–Crippen LogP) is 1.12. The summed E-state index contributed by atoms with van der Waals surface area (Å²) in [5.41, 5.74) is 0.500. The first kappa shape index (κ1) is 21.3. The Balaban J connectivity index is 1.74. The van der Waals surface area contributed by atoms with Crippen molar-refractivity contribution in [2.45, 2.75) is 44.6 Å². The van der Waals surface area contributed by atoms with Gasteiger partial charge < -0.3 is 10.2 Å². The number of fused-ring (bicyclic) bond motifs is 1. The normalized spacial score (nSPS) is 21.0. The van der Waals surface area contributed by atoms with Crippen molar-refractivity contribution in [3.8, 4) is 0 Å². The number of rotatable bonds is 5. The van der Waals surface area contributed by atoms with Crippen LogP contribution in [0, 0.1) is 11.8 Å². The molecule has 158 valence electrons. The maximum atomic E-state index is 13.1. The molecule has 1 saturated heterocycles. The summed E-state index contributed by atoms with van der Waals surface area (Å²) in [7, 11) is -3.64. The van der Waals surface area contributed by atoms with Gasteiger partial charge in [-0.05, 0) is 36.8 Å². The van der Waals surface area contributed by atoms with Gasteiger partial charge in [0.05, 0.1) is 4.90 Å².